The molecule has 0 spiro atoms. The number of hydrogen-bond acceptors (Lipinski definition) is 5. The van der Waals surface area contributed by atoms with E-state index in [4.69, 9.17) is 0 Å². The fraction of sp³-hybridized carbons (Fsp3) is 0.500. The summed E-state index contributed by atoms with van der Waals surface area (Å²) in [5.74, 6) is 0. The van der Waals surface area contributed by atoms with Gasteiger partial charge >= 0.3 is 0 Å². The second-order valence-electron chi connectivity index (χ2n) is 4.79. The van der Waals surface area contributed by atoms with Crippen molar-refractivity contribution in [3.8, 4) is 0 Å². The lowest BCUT2D eigenvalue weighted by atomic mass is 9.84. The van der Waals surface area contributed by atoms with Crippen molar-refractivity contribution in [3.63, 3.8) is 0 Å². The van der Waals surface area contributed by atoms with Crippen LogP contribution in [0.25, 0.3) is 0 Å². The lowest BCUT2D eigenvalue weighted by Gasteiger charge is -2.40. The Morgan fingerprint density at radius 2 is 2.05 bits per heavy atom. The molecule has 0 heterocycles. The van der Waals surface area contributed by atoms with Gasteiger partial charge in [-0.15, -0.1) is 0 Å². The van der Waals surface area contributed by atoms with Gasteiger partial charge < -0.3 is 0 Å². The molecule has 0 saturated heterocycles. The van der Waals surface area contributed by atoms with E-state index >= 15 is 0 Å². The van der Waals surface area contributed by atoms with Crippen LogP contribution in [0.2, 0.25) is 0 Å². The lowest BCUT2D eigenvalue weighted by molar-refractivity contribution is -0.387. The van der Waals surface area contributed by atoms with Gasteiger partial charge in [-0.1, -0.05) is 18.6 Å². The smallest absolute Gasteiger partial charge is 0.258 e. The Balaban J connectivity index is 2.21. The van der Waals surface area contributed by atoms with Crippen molar-refractivity contribution in [1.82, 2.24) is 4.72 Å². The van der Waals surface area contributed by atoms with E-state index < -0.39 is 20.6 Å². The normalized spacial score (nSPS) is 17.4. The van der Waals surface area contributed by atoms with Gasteiger partial charge in [-0.2, -0.15) is 11.8 Å². The van der Waals surface area contributed by atoms with Crippen LogP contribution >= 0.6 is 11.8 Å². The van der Waals surface area contributed by atoms with Crippen molar-refractivity contribution < 1.29 is 13.3 Å². The first-order valence-corrected chi connectivity index (χ1v) is 8.89. The van der Waals surface area contributed by atoms with Crippen molar-refractivity contribution in [3.05, 3.63) is 34.4 Å². The number of nitrogens with zero attached hydrogens (tertiary/aromatic N) is 1. The minimum Gasteiger partial charge on any atom is -0.258 e. The summed E-state index contributed by atoms with van der Waals surface area (Å²) in [7, 11) is -3.86. The average molecular weight is 316 g/mol. The molecule has 2 rings (SSSR count). The van der Waals surface area contributed by atoms with Gasteiger partial charge in [0.15, 0.2) is 4.90 Å². The standard InChI is InChI=1S/C12H16N2O4S2/c1-19-12(7-4-8-12)9-13-20(17,18)11-6-3-2-5-10(11)14(15)16/h2-3,5-6,13H,4,7-9H2,1H3. The molecule has 1 aromatic rings. The van der Waals surface area contributed by atoms with Crippen LogP contribution in [0.5, 0.6) is 0 Å². The molecular formula is C12H16N2O4S2. The van der Waals surface area contributed by atoms with Gasteiger partial charge in [0.05, 0.1) is 4.92 Å². The highest BCUT2D eigenvalue weighted by Crippen LogP contribution is 2.42. The minimum atomic E-state index is -3.86. The molecule has 6 nitrogen and oxygen atoms in total. The summed E-state index contributed by atoms with van der Waals surface area (Å²) in [6, 6.07) is 5.39. The van der Waals surface area contributed by atoms with E-state index in [9.17, 15) is 18.5 Å². The summed E-state index contributed by atoms with van der Waals surface area (Å²) in [5, 5.41) is 10.9. The van der Waals surface area contributed by atoms with E-state index in [0.29, 0.717) is 6.54 Å². The van der Waals surface area contributed by atoms with Crippen molar-refractivity contribution in [2.45, 2.75) is 28.9 Å². The van der Waals surface area contributed by atoms with Crippen LogP contribution in [-0.2, 0) is 10.0 Å². The van der Waals surface area contributed by atoms with E-state index in [1.807, 2.05) is 6.26 Å². The Kier molecular flexibility index (Phi) is 4.36. The molecule has 1 saturated carbocycles. The number of nitro groups is 1. The predicted octanol–water partition coefficient (Wildman–Crippen LogP) is 2.16. The minimum absolute atomic E-state index is 0.0589. The molecule has 0 radical (unpaired) electrons. The largest absolute Gasteiger partial charge is 0.289 e. The molecule has 0 amide bonds. The molecule has 0 atom stereocenters. The molecule has 1 N–H and O–H groups in total. The number of thioether (sulfide) groups is 1. The molecule has 1 aliphatic carbocycles. The van der Waals surface area contributed by atoms with Gasteiger partial charge in [0.2, 0.25) is 10.0 Å². The van der Waals surface area contributed by atoms with Gasteiger partial charge in [0, 0.05) is 17.4 Å². The summed E-state index contributed by atoms with van der Waals surface area (Å²) >= 11 is 1.64. The second-order valence-corrected chi connectivity index (χ2v) is 7.80. The van der Waals surface area contributed by atoms with Crippen LogP contribution in [0.15, 0.2) is 29.2 Å². The molecule has 8 heteroatoms. The molecule has 0 aromatic heterocycles. The predicted molar refractivity (Wildman–Crippen MR) is 78.4 cm³/mol. The summed E-state index contributed by atoms with van der Waals surface area (Å²) in [6.07, 6.45) is 4.98. The number of para-hydroxylation sites is 1. The molecule has 1 aromatic carbocycles. The molecule has 1 aliphatic rings. The van der Waals surface area contributed by atoms with Crippen LogP contribution in [0.4, 0.5) is 5.69 Å². The van der Waals surface area contributed by atoms with E-state index in [2.05, 4.69) is 4.72 Å². The summed E-state index contributed by atoms with van der Waals surface area (Å²) < 4.78 is 26.9. The summed E-state index contributed by atoms with van der Waals surface area (Å²) in [6.45, 7) is 0.308. The molecule has 20 heavy (non-hydrogen) atoms. The quantitative estimate of drug-likeness (QED) is 0.641. The fourth-order valence-corrected chi connectivity index (χ4v) is 4.47. The van der Waals surface area contributed by atoms with Gasteiger partial charge in [-0.05, 0) is 25.2 Å². The maximum Gasteiger partial charge on any atom is 0.289 e. The summed E-state index contributed by atoms with van der Waals surface area (Å²) in [4.78, 5) is 9.95. The van der Waals surface area contributed by atoms with E-state index in [-0.39, 0.29) is 9.64 Å². The number of nitro benzene ring substituents is 1. The van der Waals surface area contributed by atoms with Crippen LogP contribution in [-0.4, -0.2) is 30.9 Å². The Bertz CT molecular complexity index is 606. The van der Waals surface area contributed by atoms with Crippen molar-refractivity contribution in [2.24, 2.45) is 0 Å². The highest BCUT2D eigenvalue weighted by Gasteiger charge is 2.37. The van der Waals surface area contributed by atoms with E-state index in [1.54, 1.807) is 11.8 Å². The topological polar surface area (TPSA) is 89.3 Å². The zero-order valence-electron chi connectivity index (χ0n) is 11.0. The zero-order valence-corrected chi connectivity index (χ0v) is 12.7. The highest BCUT2D eigenvalue weighted by molar-refractivity contribution is 8.00. The molecule has 0 bridgehead atoms. The fourth-order valence-electron chi connectivity index (χ4n) is 2.16. The molecule has 110 valence electrons. The summed E-state index contributed by atoms with van der Waals surface area (Å²) in [5.41, 5.74) is -0.396. The first-order chi connectivity index (χ1) is 9.40. The van der Waals surface area contributed by atoms with Crippen molar-refractivity contribution >= 4 is 27.5 Å². The number of benzene rings is 1. The van der Waals surface area contributed by atoms with Crippen molar-refractivity contribution in [2.75, 3.05) is 12.8 Å². The van der Waals surface area contributed by atoms with Crippen LogP contribution in [0.3, 0.4) is 0 Å². The SMILES string of the molecule is CSC1(CNS(=O)(=O)c2ccccc2[N+](=O)[O-])CCC1. The average Bonchev–Trinajstić information content (AvgIpc) is 2.38. The molecule has 0 aliphatic heterocycles. The first kappa shape index (κ1) is 15.3. The maximum atomic E-state index is 12.2. The lowest BCUT2D eigenvalue weighted by Crippen LogP contribution is -2.45. The van der Waals surface area contributed by atoms with Gasteiger partial charge in [0.25, 0.3) is 5.69 Å². The second kappa shape index (κ2) is 5.71. The first-order valence-electron chi connectivity index (χ1n) is 6.18. The number of sulfonamides is 1. The number of hydrogen-bond donors (Lipinski definition) is 1. The Morgan fingerprint density at radius 1 is 1.40 bits per heavy atom. The third-order valence-electron chi connectivity index (χ3n) is 3.63. The molecule has 0 unspecified atom stereocenters. The van der Waals surface area contributed by atoms with Crippen molar-refractivity contribution in [1.29, 1.82) is 0 Å². The Labute approximate surface area is 122 Å². The van der Waals surface area contributed by atoms with Crippen LogP contribution in [0, 0.1) is 10.1 Å². The number of rotatable bonds is 6. The third kappa shape index (κ3) is 2.97. The Morgan fingerprint density at radius 3 is 2.55 bits per heavy atom. The van der Waals surface area contributed by atoms with Crippen LogP contribution in [0.1, 0.15) is 19.3 Å². The van der Waals surface area contributed by atoms with E-state index in [1.165, 1.54) is 24.3 Å². The van der Waals surface area contributed by atoms with Crippen LogP contribution < -0.4 is 4.72 Å². The zero-order chi connectivity index (χ0) is 14.8. The van der Waals surface area contributed by atoms with E-state index in [0.717, 1.165) is 19.3 Å². The molecular weight excluding hydrogens is 300 g/mol. The van der Waals surface area contributed by atoms with Gasteiger partial charge in [-0.25, -0.2) is 13.1 Å². The Hall–Kier alpha value is -1.12. The number of nitrogens with one attached hydrogen (secondary N) is 1. The highest BCUT2D eigenvalue weighted by atomic mass is 32.2. The van der Waals surface area contributed by atoms with Gasteiger partial charge in [0.1, 0.15) is 0 Å². The third-order valence-corrected chi connectivity index (χ3v) is 6.50. The van der Waals surface area contributed by atoms with Gasteiger partial charge in [-0.3, -0.25) is 10.1 Å². The monoisotopic (exact) mass is 316 g/mol. The molecule has 1 fully saturated rings. The maximum absolute atomic E-state index is 12.2.